The van der Waals surface area contributed by atoms with E-state index in [0.717, 1.165) is 41.5 Å². The number of rotatable bonds is 8. The Labute approximate surface area is 214 Å². The molecular formula is C33H35NO2. The molecule has 3 heteroatoms. The van der Waals surface area contributed by atoms with Crippen molar-refractivity contribution in [1.29, 1.82) is 0 Å². The van der Waals surface area contributed by atoms with E-state index < -0.39 is 11.2 Å². The second-order valence-corrected chi connectivity index (χ2v) is 10.1. The van der Waals surface area contributed by atoms with Gasteiger partial charge in [0, 0.05) is 24.9 Å². The van der Waals surface area contributed by atoms with E-state index in [1.807, 2.05) is 97.1 Å². The average molecular weight is 478 g/mol. The van der Waals surface area contributed by atoms with Gasteiger partial charge in [-0.25, -0.2) is 0 Å². The Morgan fingerprint density at radius 1 is 0.528 bits per heavy atom. The summed E-state index contributed by atoms with van der Waals surface area (Å²) in [5.41, 5.74) is 1.78. The molecular weight excluding hydrogens is 442 g/mol. The normalized spacial score (nSPS) is 21.3. The summed E-state index contributed by atoms with van der Waals surface area (Å²) < 4.78 is 0. The molecule has 0 spiro atoms. The highest BCUT2D eigenvalue weighted by molar-refractivity contribution is 5.32. The van der Waals surface area contributed by atoms with Crippen molar-refractivity contribution in [3.05, 3.63) is 144 Å². The molecule has 0 aliphatic carbocycles. The fourth-order valence-electron chi connectivity index (χ4n) is 5.81. The van der Waals surface area contributed by atoms with Crippen LogP contribution in [0.3, 0.4) is 0 Å². The van der Waals surface area contributed by atoms with Crippen LogP contribution in [0.25, 0.3) is 0 Å². The minimum absolute atomic E-state index is 0.204. The number of benzene rings is 4. The van der Waals surface area contributed by atoms with Gasteiger partial charge in [-0.05, 0) is 35.1 Å². The first-order chi connectivity index (χ1) is 17.6. The molecule has 1 fully saturated rings. The highest BCUT2D eigenvalue weighted by Crippen LogP contribution is 2.39. The van der Waals surface area contributed by atoms with Crippen molar-refractivity contribution in [2.24, 2.45) is 0 Å². The van der Waals surface area contributed by atoms with Crippen LogP contribution in [0, 0.1) is 0 Å². The Balaban J connectivity index is 1.50. The first kappa shape index (κ1) is 24.5. The van der Waals surface area contributed by atoms with E-state index in [1.54, 1.807) is 0 Å². The Morgan fingerprint density at radius 3 is 1.22 bits per heavy atom. The summed E-state index contributed by atoms with van der Waals surface area (Å²) in [4.78, 5) is 0. The zero-order valence-corrected chi connectivity index (χ0v) is 20.6. The summed E-state index contributed by atoms with van der Waals surface area (Å²) in [6, 6.07) is 40.0. The van der Waals surface area contributed by atoms with E-state index in [2.05, 4.69) is 29.6 Å². The van der Waals surface area contributed by atoms with Gasteiger partial charge in [-0.2, -0.15) is 0 Å². The van der Waals surface area contributed by atoms with Crippen molar-refractivity contribution < 1.29 is 10.2 Å². The van der Waals surface area contributed by atoms with Gasteiger partial charge in [0.1, 0.15) is 11.2 Å². The highest BCUT2D eigenvalue weighted by Gasteiger charge is 2.46. The SMILES string of the molecule is OC(Cc1ccccc1)(c1ccccc1)C1CCCC(C(O)(Cc2ccccc2)c2ccccc2)N1. The number of piperidine rings is 1. The molecule has 4 aromatic carbocycles. The minimum atomic E-state index is -1.11. The molecule has 1 saturated heterocycles. The molecule has 1 aliphatic rings. The van der Waals surface area contributed by atoms with E-state index in [-0.39, 0.29) is 12.1 Å². The smallest absolute Gasteiger partial charge is 0.109 e. The van der Waals surface area contributed by atoms with Gasteiger partial charge >= 0.3 is 0 Å². The predicted octanol–water partition coefficient (Wildman–Crippen LogP) is 5.76. The lowest BCUT2D eigenvalue weighted by atomic mass is 9.72. The van der Waals surface area contributed by atoms with Crippen LogP contribution in [0.2, 0.25) is 0 Å². The lowest BCUT2D eigenvalue weighted by Gasteiger charge is -2.47. The lowest BCUT2D eigenvalue weighted by molar-refractivity contribution is -0.0615. The van der Waals surface area contributed by atoms with Crippen LogP contribution in [0.5, 0.6) is 0 Å². The Kier molecular flexibility index (Phi) is 7.33. The fourth-order valence-corrected chi connectivity index (χ4v) is 5.81. The Hall–Kier alpha value is -3.24. The molecule has 4 unspecified atom stereocenters. The van der Waals surface area contributed by atoms with Crippen LogP contribution in [0.1, 0.15) is 41.5 Å². The van der Waals surface area contributed by atoms with Gasteiger partial charge in [-0.1, -0.05) is 128 Å². The second-order valence-electron chi connectivity index (χ2n) is 10.1. The standard InChI is InChI=1S/C33H35NO2/c35-32(28-18-9-3-10-19-28,24-26-14-5-1-6-15-26)30-22-13-23-31(34-30)33(36,29-20-11-4-12-21-29)25-27-16-7-2-8-17-27/h1-12,14-21,30-31,34-36H,13,22-25H2. The van der Waals surface area contributed by atoms with E-state index in [0.29, 0.717) is 12.8 Å². The van der Waals surface area contributed by atoms with Crippen LogP contribution in [0.15, 0.2) is 121 Å². The zero-order valence-electron chi connectivity index (χ0n) is 20.6. The van der Waals surface area contributed by atoms with Crippen LogP contribution in [-0.2, 0) is 24.0 Å². The molecule has 184 valence electrons. The summed E-state index contributed by atoms with van der Waals surface area (Å²) in [6.07, 6.45) is 3.61. The number of aliphatic hydroxyl groups is 2. The number of hydrogen-bond donors (Lipinski definition) is 3. The molecule has 0 aromatic heterocycles. The Morgan fingerprint density at radius 2 is 0.861 bits per heavy atom. The van der Waals surface area contributed by atoms with Crippen LogP contribution in [0.4, 0.5) is 0 Å². The fraction of sp³-hybridized carbons (Fsp3) is 0.273. The molecule has 4 aromatic rings. The van der Waals surface area contributed by atoms with E-state index in [1.165, 1.54) is 0 Å². The summed E-state index contributed by atoms with van der Waals surface area (Å²) in [7, 11) is 0. The molecule has 4 atom stereocenters. The third-order valence-corrected chi connectivity index (χ3v) is 7.72. The highest BCUT2D eigenvalue weighted by atomic mass is 16.3. The zero-order chi connectivity index (χ0) is 24.8. The third kappa shape index (κ3) is 5.15. The number of nitrogens with one attached hydrogen (secondary N) is 1. The molecule has 3 nitrogen and oxygen atoms in total. The van der Waals surface area contributed by atoms with Crippen LogP contribution >= 0.6 is 0 Å². The van der Waals surface area contributed by atoms with Crippen LogP contribution in [-0.4, -0.2) is 22.3 Å². The predicted molar refractivity (Wildman–Crippen MR) is 146 cm³/mol. The first-order valence-corrected chi connectivity index (χ1v) is 13.0. The van der Waals surface area contributed by atoms with Crippen molar-refractivity contribution >= 4 is 0 Å². The molecule has 0 amide bonds. The quantitative estimate of drug-likeness (QED) is 0.303. The van der Waals surface area contributed by atoms with Crippen molar-refractivity contribution in [1.82, 2.24) is 5.32 Å². The van der Waals surface area contributed by atoms with Gasteiger partial charge < -0.3 is 15.5 Å². The summed E-state index contributed by atoms with van der Waals surface area (Å²) in [6.45, 7) is 0. The summed E-state index contributed by atoms with van der Waals surface area (Å²) in [5, 5.41) is 28.5. The maximum Gasteiger partial charge on any atom is 0.109 e. The van der Waals surface area contributed by atoms with Crippen molar-refractivity contribution in [2.75, 3.05) is 0 Å². The van der Waals surface area contributed by atoms with Crippen molar-refractivity contribution in [3.8, 4) is 0 Å². The van der Waals surface area contributed by atoms with E-state index in [4.69, 9.17) is 0 Å². The minimum Gasteiger partial charge on any atom is -0.383 e. The maximum atomic E-state index is 12.4. The Bertz CT molecular complexity index is 1120. The summed E-state index contributed by atoms with van der Waals surface area (Å²) in [5.74, 6) is 0. The first-order valence-electron chi connectivity index (χ1n) is 13.0. The molecule has 0 radical (unpaired) electrons. The molecule has 36 heavy (non-hydrogen) atoms. The number of hydrogen-bond acceptors (Lipinski definition) is 3. The molecule has 1 heterocycles. The lowest BCUT2D eigenvalue weighted by Crippen LogP contribution is -2.61. The third-order valence-electron chi connectivity index (χ3n) is 7.72. The van der Waals surface area contributed by atoms with Gasteiger partial charge in [0.25, 0.3) is 0 Å². The summed E-state index contributed by atoms with van der Waals surface area (Å²) >= 11 is 0. The van der Waals surface area contributed by atoms with Crippen molar-refractivity contribution in [3.63, 3.8) is 0 Å². The van der Waals surface area contributed by atoms with Crippen molar-refractivity contribution in [2.45, 2.75) is 55.4 Å². The van der Waals surface area contributed by atoms with Gasteiger partial charge in [0.15, 0.2) is 0 Å². The molecule has 0 saturated carbocycles. The van der Waals surface area contributed by atoms with Crippen LogP contribution < -0.4 is 5.32 Å². The molecule has 1 aliphatic heterocycles. The monoisotopic (exact) mass is 477 g/mol. The largest absolute Gasteiger partial charge is 0.383 e. The van der Waals surface area contributed by atoms with E-state index in [9.17, 15) is 10.2 Å². The topological polar surface area (TPSA) is 52.5 Å². The van der Waals surface area contributed by atoms with E-state index >= 15 is 0 Å². The van der Waals surface area contributed by atoms with Gasteiger partial charge in [0.05, 0.1) is 0 Å². The second kappa shape index (κ2) is 10.8. The molecule has 0 bridgehead atoms. The van der Waals surface area contributed by atoms with Gasteiger partial charge in [-0.3, -0.25) is 0 Å². The molecule has 3 N–H and O–H groups in total. The van der Waals surface area contributed by atoms with Gasteiger partial charge in [-0.15, -0.1) is 0 Å². The maximum absolute atomic E-state index is 12.4. The van der Waals surface area contributed by atoms with Gasteiger partial charge in [0.2, 0.25) is 0 Å². The molecule has 5 rings (SSSR count). The average Bonchev–Trinajstić information content (AvgIpc) is 2.95.